The standard InChI is InChI=1S/C35H46N4O4/c1-2-3-4-5-6-7-8-9-10-11-12-13-14-15-16-17-18-19-20-26-33(40)39-31(35(42)43)25-21-22-27-38-34(41)30-24-23-28-37-32(30)29-36/h3-4,6-7,9-10,12-13,15-16,18-19,23-24,28,31H,2,5,8,11,14,17,20-22,25-27H2,1H3,(H,38,41)(H,39,40)(H,42,43)/t31-/m0/s1. The molecule has 1 aromatic rings. The van der Waals surface area contributed by atoms with Crippen LogP contribution in [0.3, 0.4) is 0 Å². The number of amides is 2. The van der Waals surface area contributed by atoms with Crippen LogP contribution in [0.2, 0.25) is 0 Å². The number of nitriles is 1. The van der Waals surface area contributed by atoms with E-state index in [0.717, 1.165) is 38.5 Å². The number of nitrogens with zero attached hydrogens (tertiary/aromatic N) is 2. The summed E-state index contributed by atoms with van der Waals surface area (Å²) in [6, 6.07) is 4.01. The molecule has 43 heavy (non-hydrogen) atoms. The second kappa shape index (κ2) is 25.2. The lowest BCUT2D eigenvalue weighted by Gasteiger charge is -2.14. The summed E-state index contributed by atoms with van der Waals surface area (Å²) >= 11 is 0. The van der Waals surface area contributed by atoms with Gasteiger partial charge in [0, 0.05) is 19.2 Å². The molecule has 230 valence electrons. The summed E-state index contributed by atoms with van der Waals surface area (Å²) in [5, 5.41) is 23.8. The first-order valence-electron chi connectivity index (χ1n) is 15.0. The van der Waals surface area contributed by atoms with E-state index >= 15 is 0 Å². The van der Waals surface area contributed by atoms with Gasteiger partial charge < -0.3 is 15.7 Å². The lowest BCUT2D eigenvalue weighted by Crippen LogP contribution is -2.40. The third-order valence-corrected chi connectivity index (χ3v) is 6.13. The molecule has 0 aliphatic carbocycles. The largest absolute Gasteiger partial charge is 0.480 e. The van der Waals surface area contributed by atoms with Crippen LogP contribution in [0.25, 0.3) is 0 Å². The van der Waals surface area contributed by atoms with Gasteiger partial charge in [-0.05, 0) is 76.3 Å². The Balaban J connectivity index is 2.15. The Kier molecular flexibility index (Phi) is 21.4. The number of allylic oxidation sites excluding steroid dienone is 12. The van der Waals surface area contributed by atoms with Gasteiger partial charge in [0.2, 0.25) is 5.91 Å². The molecule has 3 N–H and O–H groups in total. The lowest BCUT2D eigenvalue weighted by atomic mass is 10.1. The average molecular weight is 587 g/mol. The smallest absolute Gasteiger partial charge is 0.326 e. The SMILES string of the molecule is CCC=CCC=CCC=CCC=CCC=CCC=CCCC(=O)N[C@@H](CCCCNC(=O)c1cccnc1C#N)C(=O)O. The number of aromatic nitrogens is 1. The molecular formula is C35H46N4O4. The van der Waals surface area contributed by atoms with E-state index in [-0.39, 0.29) is 30.0 Å². The number of carbonyl (C=O) groups excluding carboxylic acids is 2. The van der Waals surface area contributed by atoms with Crippen LogP contribution in [-0.4, -0.2) is 40.5 Å². The molecule has 0 aliphatic heterocycles. The van der Waals surface area contributed by atoms with Crippen LogP contribution < -0.4 is 10.6 Å². The zero-order valence-corrected chi connectivity index (χ0v) is 25.3. The van der Waals surface area contributed by atoms with Gasteiger partial charge in [-0.25, -0.2) is 9.78 Å². The van der Waals surface area contributed by atoms with Crippen molar-refractivity contribution in [2.45, 2.75) is 83.6 Å². The number of hydrogen-bond donors (Lipinski definition) is 3. The maximum atomic E-state index is 12.2. The molecule has 8 heteroatoms. The molecule has 0 spiro atoms. The summed E-state index contributed by atoms with van der Waals surface area (Å²) in [4.78, 5) is 39.8. The molecular weight excluding hydrogens is 540 g/mol. The maximum Gasteiger partial charge on any atom is 0.326 e. The molecule has 1 rings (SSSR count). The Morgan fingerprint density at radius 1 is 0.884 bits per heavy atom. The molecule has 1 aromatic heterocycles. The van der Waals surface area contributed by atoms with Crippen LogP contribution >= 0.6 is 0 Å². The normalized spacial score (nSPS) is 12.7. The van der Waals surface area contributed by atoms with Crippen LogP contribution in [0.1, 0.15) is 93.6 Å². The van der Waals surface area contributed by atoms with Crippen molar-refractivity contribution in [1.29, 1.82) is 5.26 Å². The van der Waals surface area contributed by atoms with Crippen LogP contribution in [-0.2, 0) is 9.59 Å². The highest BCUT2D eigenvalue weighted by molar-refractivity contribution is 5.96. The van der Waals surface area contributed by atoms with E-state index in [9.17, 15) is 19.5 Å². The van der Waals surface area contributed by atoms with Crippen molar-refractivity contribution in [2.24, 2.45) is 0 Å². The highest BCUT2D eigenvalue weighted by atomic mass is 16.4. The first-order chi connectivity index (χ1) is 21.0. The highest BCUT2D eigenvalue weighted by Crippen LogP contribution is 2.06. The lowest BCUT2D eigenvalue weighted by molar-refractivity contribution is -0.142. The van der Waals surface area contributed by atoms with Gasteiger partial charge in [-0.3, -0.25) is 9.59 Å². The Bertz CT molecular complexity index is 1190. The summed E-state index contributed by atoms with van der Waals surface area (Å²) in [6.45, 7) is 2.46. The third kappa shape index (κ3) is 19.3. The van der Waals surface area contributed by atoms with Crippen LogP contribution in [0, 0.1) is 11.3 Å². The molecule has 2 amide bonds. The minimum atomic E-state index is -1.08. The van der Waals surface area contributed by atoms with Gasteiger partial charge in [-0.1, -0.05) is 79.8 Å². The fourth-order valence-electron chi connectivity index (χ4n) is 3.83. The zero-order valence-electron chi connectivity index (χ0n) is 25.3. The fourth-order valence-corrected chi connectivity index (χ4v) is 3.83. The van der Waals surface area contributed by atoms with Gasteiger partial charge in [0.05, 0.1) is 5.56 Å². The number of carboxylic acid groups (broad SMARTS) is 1. The number of carbonyl (C=O) groups is 3. The summed E-state index contributed by atoms with van der Waals surface area (Å²) in [6.07, 6.45) is 34.6. The van der Waals surface area contributed by atoms with Gasteiger partial charge in [0.15, 0.2) is 5.69 Å². The topological polar surface area (TPSA) is 132 Å². The third-order valence-electron chi connectivity index (χ3n) is 6.13. The molecule has 0 fully saturated rings. The van der Waals surface area contributed by atoms with Gasteiger partial charge in [-0.15, -0.1) is 0 Å². The molecule has 1 atom stereocenters. The van der Waals surface area contributed by atoms with Gasteiger partial charge in [0.25, 0.3) is 5.91 Å². The number of rotatable bonds is 22. The first-order valence-corrected chi connectivity index (χ1v) is 15.0. The molecule has 0 bridgehead atoms. The molecule has 8 nitrogen and oxygen atoms in total. The van der Waals surface area contributed by atoms with Crippen molar-refractivity contribution in [2.75, 3.05) is 6.54 Å². The van der Waals surface area contributed by atoms with Crippen molar-refractivity contribution >= 4 is 17.8 Å². The number of pyridine rings is 1. The van der Waals surface area contributed by atoms with Crippen molar-refractivity contribution in [3.05, 3.63) is 102 Å². The van der Waals surface area contributed by atoms with Gasteiger partial charge >= 0.3 is 5.97 Å². The summed E-state index contributed by atoms with van der Waals surface area (Å²) in [7, 11) is 0. The molecule has 0 aromatic carbocycles. The number of nitrogens with one attached hydrogen (secondary N) is 2. The molecule has 1 heterocycles. The van der Waals surface area contributed by atoms with E-state index < -0.39 is 17.9 Å². The maximum absolute atomic E-state index is 12.2. The Morgan fingerprint density at radius 2 is 1.44 bits per heavy atom. The zero-order chi connectivity index (χ0) is 31.4. The van der Waals surface area contributed by atoms with E-state index in [1.807, 2.05) is 18.2 Å². The fraction of sp³-hybridized carbons (Fsp3) is 0.400. The Labute approximate surface area is 256 Å². The first kappa shape index (κ1) is 36.5. The molecule has 0 saturated carbocycles. The monoisotopic (exact) mass is 586 g/mol. The van der Waals surface area contributed by atoms with E-state index in [2.05, 4.69) is 83.3 Å². The van der Waals surface area contributed by atoms with Crippen molar-refractivity contribution < 1.29 is 19.5 Å². The number of hydrogen-bond acceptors (Lipinski definition) is 5. The summed E-state index contributed by atoms with van der Waals surface area (Å²) in [5.41, 5.74) is 0.255. The van der Waals surface area contributed by atoms with E-state index in [4.69, 9.17) is 5.26 Å². The van der Waals surface area contributed by atoms with Crippen molar-refractivity contribution in [1.82, 2.24) is 15.6 Å². The molecule has 0 saturated heterocycles. The van der Waals surface area contributed by atoms with E-state index in [0.29, 0.717) is 25.8 Å². The quantitative estimate of drug-likeness (QED) is 0.1000. The van der Waals surface area contributed by atoms with Crippen molar-refractivity contribution in [3.8, 4) is 6.07 Å². The Hall–Kier alpha value is -4.51. The number of aliphatic carboxylic acids is 1. The van der Waals surface area contributed by atoms with E-state index in [1.165, 1.54) is 12.3 Å². The molecule has 0 unspecified atom stereocenters. The average Bonchev–Trinajstić information content (AvgIpc) is 3.01. The van der Waals surface area contributed by atoms with Crippen molar-refractivity contribution in [3.63, 3.8) is 0 Å². The highest BCUT2D eigenvalue weighted by Gasteiger charge is 2.19. The van der Waals surface area contributed by atoms with E-state index in [1.54, 1.807) is 6.07 Å². The minimum Gasteiger partial charge on any atom is -0.480 e. The van der Waals surface area contributed by atoms with Crippen LogP contribution in [0.15, 0.2) is 91.2 Å². The van der Waals surface area contributed by atoms with Crippen LogP contribution in [0.5, 0.6) is 0 Å². The minimum absolute atomic E-state index is 0.0534. The second-order valence-electron chi connectivity index (χ2n) is 9.68. The summed E-state index contributed by atoms with van der Waals surface area (Å²) < 4.78 is 0. The predicted molar refractivity (Wildman–Crippen MR) is 172 cm³/mol. The molecule has 0 radical (unpaired) electrons. The predicted octanol–water partition coefficient (Wildman–Crippen LogP) is 6.90. The number of unbranched alkanes of at least 4 members (excludes halogenated alkanes) is 1. The van der Waals surface area contributed by atoms with Crippen LogP contribution in [0.4, 0.5) is 0 Å². The molecule has 0 aliphatic rings. The number of carboxylic acids is 1. The second-order valence-corrected chi connectivity index (χ2v) is 9.68. The van der Waals surface area contributed by atoms with Gasteiger partial charge in [-0.2, -0.15) is 5.26 Å². The van der Waals surface area contributed by atoms with Gasteiger partial charge in [0.1, 0.15) is 12.1 Å². The Morgan fingerprint density at radius 3 is 1.98 bits per heavy atom. The summed E-state index contributed by atoms with van der Waals surface area (Å²) in [5.74, 6) is -1.79.